The number of ether oxygens (including phenoxy) is 2. The first kappa shape index (κ1) is 21.3. The average Bonchev–Trinajstić information content (AvgIpc) is 3.17. The lowest BCUT2D eigenvalue weighted by molar-refractivity contribution is -0.114. The second-order valence-corrected chi connectivity index (χ2v) is 7.60. The molecule has 2 aromatic carbocycles. The Labute approximate surface area is 179 Å². The van der Waals surface area contributed by atoms with Gasteiger partial charge in [-0.1, -0.05) is 12.1 Å². The van der Waals surface area contributed by atoms with Crippen LogP contribution in [-0.4, -0.2) is 30.3 Å². The highest BCUT2D eigenvalue weighted by Crippen LogP contribution is 2.29. The van der Waals surface area contributed by atoms with Crippen molar-refractivity contribution in [3.8, 4) is 22.8 Å². The van der Waals surface area contributed by atoms with Gasteiger partial charge >= 0.3 is 0 Å². The number of nitrogens with one attached hydrogen (secondary N) is 2. The number of carbonyl (C=O) groups is 1. The Morgan fingerprint density at radius 3 is 2.60 bits per heavy atom. The van der Waals surface area contributed by atoms with Crippen LogP contribution < -0.4 is 20.2 Å². The van der Waals surface area contributed by atoms with E-state index in [1.54, 1.807) is 13.3 Å². The molecule has 0 aliphatic carbocycles. The van der Waals surface area contributed by atoms with E-state index in [1.165, 1.54) is 18.3 Å². The fraction of sp³-hybridized carbons (Fsp3) is 0.227. The molecule has 1 aromatic heterocycles. The van der Waals surface area contributed by atoms with E-state index in [2.05, 4.69) is 20.8 Å². The number of benzene rings is 2. The molecule has 0 aliphatic rings. The fourth-order valence-corrected chi connectivity index (χ4v) is 3.33. The predicted octanol–water partition coefficient (Wildman–Crippen LogP) is 5.01. The first-order valence-corrected chi connectivity index (χ1v) is 10.3. The molecule has 7 nitrogen and oxygen atoms in total. The van der Waals surface area contributed by atoms with Gasteiger partial charge in [-0.2, -0.15) is 5.10 Å². The van der Waals surface area contributed by atoms with Crippen LogP contribution in [0.4, 0.5) is 10.8 Å². The highest BCUT2D eigenvalue weighted by molar-refractivity contribution is 7.14. The number of hydrazone groups is 1. The Hall–Kier alpha value is -3.39. The molecule has 8 heteroatoms. The van der Waals surface area contributed by atoms with Crippen molar-refractivity contribution in [1.82, 2.24) is 4.98 Å². The number of anilines is 2. The third-order valence-corrected chi connectivity index (χ3v) is 4.68. The molecule has 0 bridgehead atoms. The minimum absolute atomic E-state index is 0.0702. The Morgan fingerprint density at radius 1 is 1.17 bits per heavy atom. The molecule has 1 heterocycles. The van der Waals surface area contributed by atoms with E-state index in [4.69, 9.17) is 9.47 Å². The van der Waals surface area contributed by atoms with Crippen LogP contribution in [0.1, 0.15) is 26.3 Å². The monoisotopic (exact) mass is 424 g/mol. The number of hydrogen-bond acceptors (Lipinski definition) is 7. The fourth-order valence-electron chi connectivity index (χ4n) is 2.66. The van der Waals surface area contributed by atoms with E-state index in [-0.39, 0.29) is 12.0 Å². The topological polar surface area (TPSA) is 84.8 Å². The van der Waals surface area contributed by atoms with Gasteiger partial charge < -0.3 is 14.8 Å². The number of thiazole rings is 1. The van der Waals surface area contributed by atoms with E-state index in [1.807, 2.05) is 61.7 Å². The van der Waals surface area contributed by atoms with Gasteiger partial charge in [-0.3, -0.25) is 10.2 Å². The standard InChI is InChI=1S/C22H24N4O3S/c1-14(2)29-20-10-5-16(11-21(20)28-4)12-23-26-22-25-19(13-30-22)17-6-8-18(9-7-17)24-15(3)27/h5-14H,1-4H3,(H,24,27)(H,25,26)/b23-12-. The van der Waals surface area contributed by atoms with Crippen molar-refractivity contribution in [3.05, 3.63) is 53.4 Å². The van der Waals surface area contributed by atoms with Crippen molar-refractivity contribution in [2.24, 2.45) is 5.10 Å². The van der Waals surface area contributed by atoms with Crippen LogP contribution >= 0.6 is 11.3 Å². The maximum Gasteiger partial charge on any atom is 0.221 e. The molecule has 0 atom stereocenters. The summed E-state index contributed by atoms with van der Waals surface area (Å²) in [4.78, 5) is 15.7. The molecule has 0 spiro atoms. The molecule has 1 amide bonds. The van der Waals surface area contributed by atoms with Crippen LogP contribution in [0.15, 0.2) is 52.9 Å². The number of amides is 1. The zero-order chi connectivity index (χ0) is 21.5. The molecule has 2 N–H and O–H groups in total. The lowest BCUT2D eigenvalue weighted by Crippen LogP contribution is -2.06. The summed E-state index contributed by atoms with van der Waals surface area (Å²) in [5.41, 5.74) is 6.38. The summed E-state index contributed by atoms with van der Waals surface area (Å²) >= 11 is 1.46. The average molecular weight is 425 g/mol. The van der Waals surface area contributed by atoms with Gasteiger partial charge in [-0.15, -0.1) is 11.3 Å². The van der Waals surface area contributed by atoms with Crippen LogP contribution in [-0.2, 0) is 4.79 Å². The van der Waals surface area contributed by atoms with Gasteiger partial charge in [-0.05, 0) is 49.7 Å². The minimum atomic E-state index is -0.0968. The van der Waals surface area contributed by atoms with Gasteiger partial charge in [-0.25, -0.2) is 4.98 Å². The predicted molar refractivity (Wildman–Crippen MR) is 122 cm³/mol. The Kier molecular flexibility index (Phi) is 7.03. The van der Waals surface area contributed by atoms with E-state index < -0.39 is 0 Å². The quantitative estimate of drug-likeness (QED) is 0.392. The van der Waals surface area contributed by atoms with E-state index in [9.17, 15) is 4.79 Å². The zero-order valence-electron chi connectivity index (χ0n) is 17.3. The maximum atomic E-state index is 11.1. The maximum absolute atomic E-state index is 11.1. The van der Waals surface area contributed by atoms with Crippen molar-refractivity contribution < 1.29 is 14.3 Å². The second kappa shape index (κ2) is 9.89. The van der Waals surface area contributed by atoms with Crippen molar-refractivity contribution in [2.45, 2.75) is 26.9 Å². The first-order valence-electron chi connectivity index (χ1n) is 9.42. The molecule has 3 aromatic rings. The number of methoxy groups -OCH3 is 1. The number of carbonyl (C=O) groups excluding carboxylic acids is 1. The molecule has 30 heavy (non-hydrogen) atoms. The summed E-state index contributed by atoms with van der Waals surface area (Å²) in [6.07, 6.45) is 1.77. The Balaban J connectivity index is 1.63. The van der Waals surface area contributed by atoms with Crippen LogP contribution in [0.25, 0.3) is 11.3 Å². The number of rotatable bonds is 8. The third kappa shape index (κ3) is 5.81. The lowest BCUT2D eigenvalue weighted by Gasteiger charge is -2.13. The summed E-state index contributed by atoms with van der Waals surface area (Å²) < 4.78 is 11.1. The molecule has 0 radical (unpaired) electrons. The lowest BCUT2D eigenvalue weighted by atomic mass is 10.1. The summed E-state index contributed by atoms with van der Waals surface area (Å²) in [5.74, 6) is 1.26. The highest BCUT2D eigenvalue weighted by Gasteiger charge is 2.07. The molecular weight excluding hydrogens is 400 g/mol. The van der Waals surface area contributed by atoms with Gasteiger partial charge in [0.15, 0.2) is 11.5 Å². The van der Waals surface area contributed by atoms with Crippen molar-refractivity contribution >= 4 is 34.3 Å². The Bertz CT molecular complexity index is 1030. The molecule has 0 saturated heterocycles. The van der Waals surface area contributed by atoms with Gasteiger partial charge in [0.05, 0.1) is 25.1 Å². The van der Waals surface area contributed by atoms with Crippen LogP contribution in [0, 0.1) is 0 Å². The van der Waals surface area contributed by atoms with Gasteiger partial charge in [0, 0.05) is 23.6 Å². The third-order valence-electron chi connectivity index (χ3n) is 3.93. The van der Waals surface area contributed by atoms with Crippen molar-refractivity contribution in [1.29, 1.82) is 0 Å². The second-order valence-electron chi connectivity index (χ2n) is 6.74. The van der Waals surface area contributed by atoms with E-state index >= 15 is 0 Å². The number of hydrogen-bond donors (Lipinski definition) is 2. The zero-order valence-corrected chi connectivity index (χ0v) is 18.1. The molecule has 0 saturated carbocycles. The van der Waals surface area contributed by atoms with Gasteiger partial charge in [0.25, 0.3) is 0 Å². The normalized spacial score (nSPS) is 11.0. The van der Waals surface area contributed by atoms with Crippen LogP contribution in [0.3, 0.4) is 0 Å². The highest BCUT2D eigenvalue weighted by atomic mass is 32.1. The smallest absolute Gasteiger partial charge is 0.221 e. The Morgan fingerprint density at radius 2 is 1.93 bits per heavy atom. The summed E-state index contributed by atoms with van der Waals surface area (Å²) in [6, 6.07) is 13.2. The molecule has 3 rings (SSSR count). The molecule has 0 aliphatic heterocycles. The minimum Gasteiger partial charge on any atom is -0.493 e. The number of aromatic nitrogens is 1. The van der Waals surface area contributed by atoms with Crippen LogP contribution in [0.5, 0.6) is 11.5 Å². The molecular formula is C22H24N4O3S. The summed E-state index contributed by atoms with van der Waals surface area (Å²) in [5, 5.41) is 9.64. The van der Waals surface area contributed by atoms with Crippen LogP contribution in [0.2, 0.25) is 0 Å². The SMILES string of the molecule is COc1cc(/C=N\Nc2nc(-c3ccc(NC(C)=O)cc3)cs2)ccc1OC(C)C. The van der Waals surface area contributed by atoms with Gasteiger partial charge in [0.1, 0.15) is 0 Å². The van der Waals surface area contributed by atoms with Crippen molar-refractivity contribution in [3.63, 3.8) is 0 Å². The van der Waals surface area contributed by atoms with E-state index in [0.29, 0.717) is 16.6 Å². The summed E-state index contributed by atoms with van der Waals surface area (Å²) in [6.45, 7) is 5.42. The van der Waals surface area contributed by atoms with Gasteiger partial charge in [0.2, 0.25) is 11.0 Å². The van der Waals surface area contributed by atoms with E-state index in [0.717, 1.165) is 22.5 Å². The van der Waals surface area contributed by atoms with Crippen molar-refractivity contribution in [2.75, 3.05) is 17.9 Å². The first-order chi connectivity index (χ1) is 14.4. The molecule has 156 valence electrons. The molecule has 0 unspecified atom stereocenters. The number of nitrogens with zero attached hydrogens (tertiary/aromatic N) is 2. The largest absolute Gasteiger partial charge is 0.493 e. The summed E-state index contributed by atoms with van der Waals surface area (Å²) in [7, 11) is 1.61. The molecule has 0 fully saturated rings.